The Morgan fingerprint density at radius 1 is 1.53 bits per heavy atom. The number of hydrogen-bond donors (Lipinski definition) is 0. The third-order valence-corrected chi connectivity index (χ3v) is 2.63. The lowest BCUT2D eigenvalue weighted by Crippen LogP contribution is -1.87. The molecule has 0 N–H and O–H groups in total. The Labute approximate surface area is 113 Å². The maximum atomic E-state index is 10.7. The molecule has 0 heterocycles. The highest BCUT2D eigenvalue weighted by atomic mass is 16.6. The van der Waals surface area contributed by atoms with Gasteiger partial charge in [0.2, 0.25) is 0 Å². The van der Waals surface area contributed by atoms with E-state index in [1.807, 2.05) is 38.1 Å². The third-order valence-electron chi connectivity index (χ3n) is 2.63. The number of non-ortho nitro benzene ring substituents is 1. The molecule has 0 aromatic heterocycles. The molecule has 1 rings (SSSR count). The van der Waals surface area contributed by atoms with Crippen LogP contribution in [0.2, 0.25) is 0 Å². The standard InChI is InChI=1S/C16H17NO2/c1-4-14(5-2)11-13(3)9-10-15-7-6-8-16(12-15)17(18)19/h6-12H,1,5H2,2-3H3. The average molecular weight is 255 g/mol. The van der Waals surface area contributed by atoms with Gasteiger partial charge in [0.15, 0.2) is 0 Å². The van der Waals surface area contributed by atoms with Gasteiger partial charge >= 0.3 is 0 Å². The van der Waals surface area contributed by atoms with Gasteiger partial charge in [0, 0.05) is 12.1 Å². The molecule has 0 atom stereocenters. The predicted octanol–water partition coefficient (Wildman–Crippen LogP) is 4.68. The summed E-state index contributed by atoms with van der Waals surface area (Å²) in [6.45, 7) is 7.64. The van der Waals surface area contributed by atoms with Crippen LogP contribution in [-0.2, 0) is 0 Å². The van der Waals surface area contributed by atoms with Crippen LogP contribution in [0.4, 0.5) is 5.69 Å². The molecule has 0 aliphatic carbocycles. The van der Waals surface area contributed by atoms with Gasteiger partial charge in [-0.1, -0.05) is 43.4 Å². The molecule has 0 amide bonds. The van der Waals surface area contributed by atoms with Crippen molar-refractivity contribution in [2.75, 3.05) is 0 Å². The molecule has 1 aromatic rings. The SMILES string of the molecule is C=C=C(C=C(C)C=Cc1cccc([N+](=O)[O-])c1)CC. The molecular formula is C16H17NO2. The minimum atomic E-state index is -0.393. The number of nitrogens with zero attached hydrogens (tertiary/aromatic N) is 1. The largest absolute Gasteiger partial charge is 0.270 e. The molecule has 0 fully saturated rings. The minimum Gasteiger partial charge on any atom is -0.258 e. The lowest BCUT2D eigenvalue weighted by molar-refractivity contribution is -0.384. The van der Waals surface area contributed by atoms with Gasteiger partial charge in [0.25, 0.3) is 5.69 Å². The van der Waals surface area contributed by atoms with Gasteiger partial charge in [-0.05, 0) is 30.6 Å². The third kappa shape index (κ3) is 4.78. The van der Waals surface area contributed by atoms with Crippen LogP contribution in [0.15, 0.2) is 59.9 Å². The van der Waals surface area contributed by atoms with Crippen molar-refractivity contribution in [1.82, 2.24) is 0 Å². The van der Waals surface area contributed by atoms with Crippen molar-refractivity contribution in [1.29, 1.82) is 0 Å². The zero-order chi connectivity index (χ0) is 14.3. The van der Waals surface area contributed by atoms with Gasteiger partial charge in [-0.2, -0.15) is 0 Å². The van der Waals surface area contributed by atoms with Crippen molar-refractivity contribution in [3.8, 4) is 0 Å². The second-order valence-electron chi connectivity index (χ2n) is 4.13. The van der Waals surface area contributed by atoms with Crippen molar-refractivity contribution in [3.05, 3.63) is 75.6 Å². The van der Waals surface area contributed by atoms with Crippen LogP contribution in [0.5, 0.6) is 0 Å². The van der Waals surface area contributed by atoms with Crippen molar-refractivity contribution in [3.63, 3.8) is 0 Å². The fourth-order valence-electron chi connectivity index (χ4n) is 1.57. The summed E-state index contributed by atoms with van der Waals surface area (Å²) in [5, 5.41) is 10.7. The molecule has 98 valence electrons. The minimum absolute atomic E-state index is 0.101. The molecule has 0 unspecified atom stereocenters. The zero-order valence-electron chi connectivity index (χ0n) is 11.2. The van der Waals surface area contributed by atoms with Crippen LogP contribution in [-0.4, -0.2) is 4.92 Å². The summed E-state index contributed by atoms with van der Waals surface area (Å²) in [5.74, 6) is 0. The monoisotopic (exact) mass is 255 g/mol. The Hall–Kier alpha value is -2.38. The van der Waals surface area contributed by atoms with Crippen molar-refractivity contribution in [2.45, 2.75) is 20.3 Å². The fourth-order valence-corrected chi connectivity index (χ4v) is 1.57. The van der Waals surface area contributed by atoms with Gasteiger partial charge in [0.05, 0.1) is 4.92 Å². The Kier molecular flexibility index (Phi) is 5.52. The van der Waals surface area contributed by atoms with Gasteiger partial charge < -0.3 is 0 Å². The van der Waals surface area contributed by atoms with E-state index in [4.69, 9.17) is 0 Å². The van der Waals surface area contributed by atoms with E-state index in [0.717, 1.165) is 23.1 Å². The Bertz CT molecular complexity index is 576. The lowest BCUT2D eigenvalue weighted by atomic mass is 10.1. The van der Waals surface area contributed by atoms with Crippen molar-refractivity contribution in [2.24, 2.45) is 0 Å². The molecule has 1 aromatic carbocycles. The molecule has 0 bridgehead atoms. The Morgan fingerprint density at radius 3 is 2.84 bits per heavy atom. The fraction of sp³-hybridized carbons (Fsp3) is 0.188. The first-order chi connectivity index (χ1) is 9.06. The summed E-state index contributed by atoms with van der Waals surface area (Å²) in [6.07, 6.45) is 6.66. The molecule has 3 heteroatoms. The molecule has 0 aliphatic heterocycles. The first-order valence-corrected chi connectivity index (χ1v) is 6.06. The molecule has 3 nitrogen and oxygen atoms in total. The van der Waals surface area contributed by atoms with E-state index >= 15 is 0 Å². The van der Waals surface area contributed by atoms with Gasteiger partial charge in [-0.15, -0.1) is 5.73 Å². The number of hydrogen-bond acceptors (Lipinski definition) is 2. The van der Waals surface area contributed by atoms with E-state index < -0.39 is 4.92 Å². The quantitative estimate of drug-likeness (QED) is 0.332. The topological polar surface area (TPSA) is 43.1 Å². The number of allylic oxidation sites excluding steroid dienone is 4. The van der Waals surface area contributed by atoms with Gasteiger partial charge in [0.1, 0.15) is 0 Å². The highest BCUT2D eigenvalue weighted by Crippen LogP contribution is 2.15. The Balaban J connectivity index is 2.90. The molecule has 0 radical (unpaired) electrons. The van der Waals surface area contributed by atoms with Crippen LogP contribution >= 0.6 is 0 Å². The summed E-state index contributed by atoms with van der Waals surface area (Å²) in [6, 6.07) is 6.54. The number of rotatable bonds is 5. The van der Waals surface area contributed by atoms with Crippen molar-refractivity contribution < 1.29 is 4.92 Å². The second-order valence-corrected chi connectivity index (χ2v) is 4.13. The number of nitro groups is 1. The average Bonchev–Trinajstić information content (AvgIpc) is 2.42. The van der Waals surface area contributed by atoms with Crippen LogP contribution in [0, 0.1) is 10.1 Å². The van der Waals surface area contributed by atoms with Gasteiger partial charge in [-0.25, -0.2) is 0 Å². The van der Waals surface area contributed by atoms with Crippen LogP contribution in [0.1, 0.15) is 25.8 Å². The van der Waals surface area contributed by atoms with Crippen LogP contribution in [0.25, 0.3) is 6.08 Å². The highest BCUT2D eigenvalue weighted by molar-refractivity contribution is 5.56. The van der Waals surface area contributed by atoms with E-state index in [2.05, 4.69) is 12.3 Å². The Morgan fingerprint density at radius 2 is 2.26 bits per heavy atom. The lowest BCUT2D eigenvalue weighted by Gasteiger charge is -1.96. The van der Waals surface area contributed by atoms with E-state index in [1.54, 1.807) is 12.1 Å². The smallest absolute Gasteiger partial charge is 0.258 e. The first-order valence-electron chi connectivity index (χ1n) is 6.06. The summed E-state index contributed by atoms with van der Waals surface area (Å²) in [4.78, 5) is 10.3. The maximum Gasteiger partial charge on any atom is 0.270 e. The van der Waals surface area contributed by atoms with E-state index in [0.29, 0.717) is 0 Å². The van der Waals surface area contributed by atoms with E-state index in [-0.39, 0.29) is 5.69 Å². The molecular weight excluding hydrogens is 238 g/mol. The normalized spacial score (nSPS) is 11.4. The maximum absolute atomic E-state index is 10.7. The second kappa shape index (κ2) is 7.14. The molecule has 0 spiro atoms. The summed E-state index contributed by atoms with van der Waals surface area (Å²) < 4.78 is 0. The summed E-state index contributed by atoms with van der Waals surface area (Å²) in [5.41, 5.74) is 5.88. The molecule has 19 heavy (non-hydrogen) atoms. The summed E-state index contributed by atoms with van der Waals surface area (Å²) >= 11 is 0. The van der Waals surface area contributed by atoms with E-state index in [1.165, 1.54) is 6.07 Å². The molecule has 0 aliphatic rings. The van der Waals surface area contributed by atoms with Crippen LogP contribution in [0.3, 0.4) is 0 Å². The van der Waals surface area contributed by atoms with Crippen LogP contribution < -0.4 is 0 Å². The van der Waals surface area contributed by atoms with Gasteiger partial charge in [-0.3, -0.25) is 10.1 Å². The van der Waals surface area contributed by atoms with E-state index in [9.17, 15) is 10.1 Å². The number of benzene rings is 1. The predicted molar refractivity (Wildman–Crippen MR) is 78.8 cm³/mol. The summed E-state index contributed by atoms with van der Waals surface area (Å²) in [7, 11) is 0. The van der Waals surface area contributed by atoms with Crippen molar-refractivity contribution >= 4 is 11.8 Å². The zero-order valence-corrected chi connectivity index (χ0v) is 11.2. The first kappa shape index (κ1) is 14.7. The molecule has 0 saturated carbocycles. The highest BCUT2D eigenvalue weighted by Gasteiger charge is 2.03. The number of nitro benzene ring substituents is 1. The molecule has 0 saturated heterocycles.